The largest absolute Gasteiger partial charge is 0.490 e. The molecule has 0 atom stereocenters. The van der Waals surface area contributed by atoms with Gasteiger partial charge >= 0.3 is 6.09 Å². The van der Waals surface area contributed by atoms with Crippen molar-refractivity contribution < 1.29 is 14.3 Å². The number of carbonyl (C=O) groups excluding carboxylic acids is 1. The van der Waals surface area contributed by atoms with E-state index in [1.165, 1.54) is 0 Å². The van der Waals surface area contributed by atoms with E-state index in [4.69, 9.17) is 9.47 Å². The van der Waals surface area contributed by atoms with Crippen LogP contribution in [0, 0.1) is 0 Å². The van der Waals surface area contributed by atoms with E-state index in [0.29, 0.717) is 24.7 Å². The van der Waals surface area contributed by atoms with Gasteiger partial charge in [0, 0.05) is 19.6 Å². The van der Waals surface area contributed by atoms with E-state index in [2.05, 4.69) is 5.32 Å². The Balaban J connectivity index is 2.01. The fourth-order valence-corrected chi connectivity index (χ4v) is 2.00. The molecule has 1 aromatic carbocycles. The molecule has 0 aromatic heterocycles. The zero-order valence-electron chi connectivity index (χ0n) is 11.2. The predicted octanol–water partition coefficient (Wildman–Crippen LogP) is 1.88. The molecule has 5 heteroatoms. The molecule has 19 heavy (non-hydrogen) atoms. The molecule has 1 heterocycles. The summed E-state index contributed by atoms with van der Waals surface area (Å²) in [6.45, 7) is 5.60. The number of benzene rings is 1. The van der Waals surface area contributed by atoms with Crippen LogP contribution in [0.3, 0.4) is 0 Å². The van der Waals surface area contributed by atoms with E-state index >= 15 is 0 Å². The third-order valence-corrected chi connectivity index (χ3v) is 2.94. The van der Waals surface area contributed by atoms with E-state index in [9.17, 15) is 4.79 Å². The highest BCUT2D eigenvalue weighted by Gasteiger charge is 2.18. The van der Waals surface area contributed by atoms with Crippen molar-refractivity contribution in [2.45, 2.75) is 13.3 Å². The fourth-order valence-electron chi connectivity index (χ4n) is 2.00. The van der Waals surface area contributed by atoms with Gasteiger partial charge in [-0.25, -0.2) is 4.79 Å². The molecule has 1 aliphatic heterocycles. The van der Waals surface area contributed by atoms with Gasteiger partial charge in [-0.1, -0.05) is 12.1 Å². The zero-order valence-corrected chi connectivity index (χ0v) is 11.2. The number of hydrogen-bond acceptors (Lipinski definition) is 4. The molecule has 0 saturated carbocycles. The fraction of sp³-hybridized carbons (Fsp3) is 0.500. The predicted molar refractivity (Wildman–Crippen MR) is 72.7 cm³/mol. The van der Waals surface area contributed by atoms with Crippen LogP contribution >= 0.6 is 0 Å². The van der Waals surface area contributed by atoms with Crippen molar-refractivity contribution in [1.29, 1.82) is 0 Å². The van der Waals surface area contributed by atoms with E-state index in [1.54, 1.807) is 17.0 Å². The Morgan fingerprint density at radius 3 is 2.84 bits per heavy atom. The van der Waals surface area contributed by atoms with E-state index in [0.717, 1.165) is 26.1 Å². The van der Waals surface area contributed by atoms with Crippen molar-refractivity contribution in [3.8, 4) is 11.5 Å². The highest BCUT2D eigenvalue weighted by molar-refractivity contribution is 5.71. The molecule has 1 aromatic rings. The van der Waals surface area contributed by atoms with Crippen molar-refractivity contribution in [1.82, 2.24) is 10.2 Å². The summed E-state index contributed by atoms with van der Waals surface area (Å²) in [6, 6.07) is 7.24. The molecule has 1 aliphatic rings. The molecule has 0 unspecified atom stereocenters. The average Bonchev–Trinajstić information content (AvgIpc) is 2.70. The smallest absolute Gasteiger partial charge is 0.415 e. The Hall–Kier alpha value is -1.75. The number of nitrogens with zero attached hydrogens (tertiary/aromatic N) is 1. The molecular weight excluding hydrogens is 244 g/mol. The van der Waals surface area contributed by atoms with Crippen LogP contribution in [0.4, 0.5) is 4.79 Å². The molecule has 5 nitrogen and oxygen atoms in total. The average molecular weight is 264 g/mol. The van der Waals surface area contributed by atoms with E-state index in [-0.39, 0.29) is 6.09 Å². The van der Waals surface area contributed by atoms with Gasteiger partial charge in [0.15, 0.2) is 11.5 Å². The van der Waals surface area contributed by atoms with Gasteiger partial charge in [0.2, 0.25) is 0 Å². The Kier molecular flexibility index (Phi) is 5.03. The third kappa shape index (κ3) is 3.86. The van der Waals surface area contributed by atoms with Gasteiger partial charge in [-0.05, 0) is 32.0 Å². The van der Waals surface area contributed by atoms with Crippen LogP contribution in [0.15, 0.2) is 24.3 Å². The lowest BCUT2D eigenvalue weighted by atomic mass is 10.3. The van der Waals surface area contributed by atoms with Crippen LogP contribution in [0.25, 0.3) is 0 Å². The maximum absolute atomic E-state index is 12.1. The normalized spacial score (nSPS) is 15.7. The number of carbonyl (C=O) groups is 1. The second-order valence-electron chi connectivity index (χ2n) is 4.34. The van der Waals surface area contributed by atoms with Gasteiger partial charge in [-0.15, -0.1) is 0 Å². The minimum atomic E-state index is -0.309. The summed E-state index contributed by atoms with van der Waals surface area (Å²) >= 11 is 0. The first-order valence-corrected chi connectivity index (χ1v) is 6.70. The highest BCUT2D eigenvalue weighted by Crippen LogP contribution is 2.26. The Labute approximate surface area is 113 Å². The number of hydrogen-bond donors (Lipinski definition) is 1. The van der Waals surface area contributed by atoms with E-state index < -0.39 is 0 Å². The van der Waals surface area contributed by atoms with Crippen molar-refractivity contribution in [3.63, 3.8) is 0 Å². The summed E-state index contributed by atoms with van der Waals surface area (Å²) < 4.78 is 10.9. The lowest BCUT2D eigenvalue weighted by molar-refractivity contribution is 0.153. The maximum atomic E-state index is 12.1. The maximum Gasteiger partial charge on any atom is 0.415 e. The van der Waals surface area contributed by atoms with Crippen LogP contribution in [0.1, 0.15) is 13.3 Å². The SMILES string of the molecule is CCOc1ccccc1OC(=O)N1CCCNCC1. The number of ether oxygens (including phenoxy) is 2. The topological polar surface area (TPSA) is 50.8 Å². The van der Waals surface area contributed by atoms with E-state index in [1.807, 2.05) is 19.1 Å². The number of para-hydroxylation sites is 2. The molecule has 1 amide bonds. The molecule has 1 N–H and O–H groups in total. The third-order valence-electron chi connectivity index (χ3n) is 2.94. The van der Waals surface area contributed by atoms with Crippen molar-refractivity contribution in [3.05, 3.63) is 24.3 Å². The van der Waals surface area contributed by atoms with Crippen molar-refractivity contribution in [2.24, 2.45) is 0 Å². The lowest BCUT2D eigenvalue weighted by Crippen LogP contribution is -2.36. The van der Waals surface area contributed by atoms with Crippen LogP contribution in [0.5, 0.6) is 11.5 Å². The number of amides is 1. The standard InChI is InChI=1S/C14H20N2O3/c1-2-18-12-6-3-4-7-13(12)19-14(17)16-10-5-8-15-9-11-16/h3-4,6-7,15H,2,5,8-11H2,1H3. The molecule has 0 bridgehead atoms. The molecule has 0 spiro atoms. The van der Waals surface area contributed by atoms with Gasteiger partial charge in [-0.2, -0.15) is 0 Å². The highest BCUT2D eigenvalue weighted by atomic mass is 16.6. The number of rotatable bonds is 3. The molecule has 0 radical (unpaired) electrons. The molecule has 1 fully saturated rings. The summed E-state index contributed by atoms with van der Waals surface area (Å²) in [4.78, 5) is 13.8. The van der Waals surface area contributed by atoms with Crippen LogP contribution in [0.2, 0.25) is 0 Å². The first kappa shape index (κ1) is 13.7. The quantitative estimate of drug-likeness (QED) is 0.905. The Morgan fingerprint density at radius 1 is 1.26 bits per heavy atom. The Morgan fingerprint density at radius 2 is 2.05 bits per heavy atom. The molecule has 1 saturated heterocycles. The Bertz CT molecular complexity index is 415. The van der Waals surface area contributed by atoms with Crippen molar-refractivity contribution in [2.75, 3.05) is 32.8 Å². The molecule has 0 aliphatic carbocycles. The summed E-state index contributed by atoms with van der Waals surface area (Å²) in [7, 11) is 0. The minimum Gasteiger partial charge on any atom is -0.490 e. The van der Waals surface area contributed by atoms with Gasteiger partial charge in [-0.3, -0.25) is 0 Å². The van der Waals surface area contributed by atoms with Crippen LogP contribution < -0.4 is 14.8 Å². The monoisotopic (exact) mass is 264 g/mol. The van der Waals surface area contributed by atoms with Gasteiger partial charge < -0.3 is 19.7 Å². The van der Waals surface area contributed by atoms with Gasteiger partial charge in [0.25, 0.3) is 0 Å². The summed E-state index contributed by atoms with van der Waals surface area (Å²) in [6.07, 6.45) is 0.637. The first-order chi connectivity index (χ1) is 9.31. The summed E-state index contributed by atoms with van der Waals surface area (Å²) in [5.74, 6) is 1.08. The second-order valence-corrected chi connectivity index (χ2v) is 4.34. The zero-order chi connectivity index (χ0) is 13.5. The minimum absolute atomic E-state index is 0.309. The second kappa shape index (κ2) is 6.99. The van der Waals surface area contributed by atoms with Crippen LogP contribution in [-0.4, -0.2) is 43.8 Å². The van der Waals surface area contributed by atoms with Crippen molar-refractivity contribution >= 4 is 6.09 Å². The first-order valence-electron chi connectivity index (χ1n) is 6.70. The molecule has 2 rings (SSSR count). The molecule has 104 valence electrons. The van der Waals surface area contributed by atoms with Crippen LogP contribution in [-0.2, 0) is 0 Å². The van der Waals surface area contributed by atoms with Gasteiger partial charge in [0.05, 0.1) is 6.61 Å². The number of nitrogens with one attached hydrogen (secondary N) is 1. The lowest BCUT2D eigenvalue weighted by Gasteiger charge is -2.20. The summed E-state index contributed by atoms with van der Waals surface area (Å²) in [5, 5.41) is 3.25. The molecular formula is C14H20N2O3. The van der Waals surface area contributed by atoms with Gasteiger partial charge in [0.1, 0.15) is 0 Å². The summed E-state index contributed by atoms with van der Waals surface area (Å²) in [5.41, 5.74) is 0.